The summed E-state index contributed by atoms with van der Waals surface area (Å²) in [6, 6.07) is 9.48. The van der Waals surface area contributed by atoms with Gasteiger partial charge in [-0.1, -0.05) is 11.6 Å². The van der Waals surface area contributed by atoms with Gasteiger partial charge in [0.05, 0.1) is 11.3 Å². The molecule has 0 saturated heterocycles. The zero-order valence-corrected chi connectivity index (χ0v) is 10.8. The van der Waals surface area contributed by atoms with E-state index < -0.39 is 0 Å². The zero-order valence-electron chi connectivity index (χ0n) is 8.42. The fourth-order valence-electron chi connectivity index (χ4n) is 1.36. The quantitative estimate of drug-likeness (QED) is 0.741. The minimum Gasteiger partial charge on any atom is -0.235 e. The van der Waals surface area contributed by atoms with E-state index in [-0.39, 0.29) is 11.0 Å². The molecule has 0 radical (unpaired) electrons. The normalized spacial score (nSPS) is 10.0. The Kier molecular flexibility index (Phi) is 3.41. The first-order chi connectivity index (χ1) is 8.11. The molecule has 0 aliphatic carbocycles. The molecule has 0 saturated carbocycles. The number of nitriles is 1. The van der Waals surface area contributed by atoms with Crippen LogP contribution in [0, 0.1) is 17.1 Å². The van der Waals surface area contributed by atoms with Crippen molar-refractivity contribution in [2.45, 2.75) is 0 Å². The van der Waals surface area contributed by atoms with Gasteiger partial charge in [0.1, 0.15) is 17.0 Å². The SMILES string of the molecule is N#Cc1ccc(-c2ccc(F)cc2Br)nc1Cl. The number of benzene rings is 1. The van der Waals surface area contributed by atoms with Crippen LogP contribution in [0.4, 0.5) is 4.39 Å². The van der Waals surface area contributed by atoms with Crippen molar-refractivity contribution in [3.63, 3.8) is 0 Å². The smallest absolute Gasteiger partial charge is 0.147 e. The van der Waals surface area contributed by atoms with Gasteiger partial charge in [-0.25, -0.2) is 9.37 Å². The Hall–Kier alpha value is -1.44. The van der Waals surface area contributed by atoms with Gasteiger partial charge in [0.2, 0.25) is 0 Å². The lowest BCUT2D eigenvalue weighted by atomic mass is 10.1. The first-order valence-corrected chi connectivity index (χ1v) is 5.81. The Morgan fingerprint density at radius 1 is 1.29 bits per heavy atom. The van der Waals surface area contributed by atoms with Crippen LogP contribution in [0.1, 0.15) is 5.56 Å². The van der Waals surface area contributed by atoms with Crippen LogP contribution < -0.4 is 0 Å². The molecule has 2 rings (SSSR count). The van der Waals surface area contributed by atoms with Gasteiger partial charge < -0.3 is 0 Å². The molecule has 0 aliphatic heterocycles. The van der Waals surface area contributed by atoms with Crippen molar-refractivity contribution in [2.24, 2.45) is 0 Å². The van der Waals surface area contributed by atoms with Crippen LogP contribution in [-0.2, 0) is 0 Å². The molecule has 84 valence electrons. The van der Waals surface area contributed by atoms with Crippen LogP contribution >= 0.6 is 27.5 Å². The minimum atomic E-state index is -0.333. The summed E-state index contributed by atoms with van der Waals surface area (Å²) in [5.41, 5.74) is 1.62. The van der Waals surface area contributed by atoms with E-state index in [1.807, 2.05) is 6.07 Å². The Morgan fingerprint density at radius 2 is 2.06 bits per heavy atom. The van der Waals surface area contributed by atoms with Crippen LogP contribution in [-0.4, -0.2) is 4.98 Å². The lowest BCUT2D eigenvalue weighted by Crippen LogP contribution is -1.89. The van der Waals surface area contributed by atoms with E-state index in [1.54, 1.807) is 18.2 Å². The molecule has 0 fully saturated rings. The molecule has 1 aromatic heterocycles. The summed E-state index contributed by atoms with van der Waals surface area (Å²) in [6.07, 6.45) is 0. The fraction of sp³-hybridized carbons (Fsp3) is 0. The summed E-state index contributed by atoms with van der Waals surface area (Å²) in [6.45, 7) is 0. The Bertz CT molecular complexity index is 622. The van der Waals surface area contributed by atoms with Crippen molar-refractivity contribution in [2.75, 3.05) is 0 Å². The maximum atomic E-state index is 12.9. The maximum Gasteiger partial charge on any atom is 0.147 e. The highest BCUT2D eigenvalue weighted by Gasteiger charge is 2.08. The zero-order chi connectivity index (χ0) is 12.4. The molecule has 0 aliphatic rings. The third-order valence-electron chi connectivity index (χ3n) is 2.18. The number of rotatable bonds is 1. The molecule has 2 nitrogen and oxygen atoms in total. The molecule has 0 unspecified atom stereocenters. The van der Waals surface area contributed by atoms with Crippen LogP contribution in [0.2, 0.25) is 5.15 Å². The molecule has 5 heteroatoms. The van der Waals surface area contributed by atoms with E-state index in [0.717, 1.165) is 5.56 Å². The van der Waals surface area contributed by atoms with Crippen molar-refractivity contribution in [1.29, 1.82) is 5.26 Å². The van der Waals surface area contributed by atoms with Gasteiger partial charge in [-0.05, 0) is 46.3 Å². The second-order valence-corrected chi connectivity index (χ2v) is 4.48. The summed E-state index contributed by atoms with van der Waals surface area (Å²) < 4.78 is 13.5. The highest BCUT2D eigenvalue weighted by molar-refractivity contribution is 9.10. The molecule has 0 spiro atoms. The van der Waals surface area contributed by atoms with E-state index in [1.165, 1.54) is 12.1 Å². The molecule has 0 N–H and O–H groups in total. The van der Waals surface area contributed by atoms with E-state index in [9.17, 15) is 4.39 Å². The number of hydrogen-bond donors (Lipinski definition) is 0. The van der Waals surface area contributed by atoms with E-state index in [2.05, 4.69) is 20.9 Å². The van der Waals surface area contributed by atoms with Crippen molar-refractivity contribution >= 4 is 27.5 Å². The predicted octanol–water partition coefficient (Wildman–Crippen LogP) is 4.18. The molecule has 0 bridgehead atoms. The van der Waals surface area contributed by atoms with E-state index in [0.29, 0.717) is 15.7 Å². The van der Waals surface area contributed by atoms with E-state index >= 15 is 0 Å². The number of pyridine rings is 1. The first kappa shape index (κ1) is 12.0. The second kappa shape index (κ2) is 4.82. The van der Waals surface area contributed by atoms with Gasteiger partial charge in [0.25, 0.3) is 0 Å². The molecular formula is C12H5BrClFN2. The van der Waals surface area contributed by atoms with Gasteiger partial charge >= 0.3 is 0 Å². The van der Waals surface area contributed by atoms with Crippen LogP contribution in [0.15, 0.2) is 34.8 Å². The average Bonchev–Trinajstić information content (AvgIpc) is 2.29. The molecule has 17 heavy (non-hydrogen) atoms. The summed E-state index contributed by atoms with van der Waals surface area (Å²) in [5, 5.41) is 8.88. The topological polar surface area (TPSA) is 36.7 Å². The summed E-state index contributed by atoms with van der Waals surface area (Å²) in [5.74, 6) is -0.333. The van der Waals surface area contributed by atoms with Gasteiger partial charge in [-0.15, -0.1) is 0 Å². The van der Waals surface area contributed by atoms with Gasteiger partial charge in [0, 0.05) is 10.0 Å². The Labute approximate surface area is 111 Å². The molecular weight excluding hydrogens is 307 g/mol. The van der Waals surface area contributed by atoms with Gasteiger partial charge in [-0.2, -0.15) is 5.26 Å². The van der Waals surface area contributed by atoms with Crippen molar-refractivity contribution in [3.8, 4) is 17.3 Å². The Morgan fingerprint density at radius 3 is 2.65 bits per heavy atom. The largest absolute Gasteiger partial charge is 0.235 e. The fourth-order valence-corrected chi connectivity index (χ4v) is 2.12. The molecule has 1 heterocycles. The van der Waals surface area contributed by atoms with Crippen LogP contribution in [0.5, 0.6) is 0 Å². The summed E-state index contributed by atoms with van der Waals surface area (Å²) in [4.78, 5) is 4.10. The van der Waals surface area contributed by atoms with E-state index in [4.69, 9.17) is 16.9 Å². The van der Waals surface area contributed by atoms with Crippen molar-refractivity contribution < 1.29 is 4.39 Å². The number of aromatic nitrogens is 1. The van der Waals surface area contributed by atoms with Gasteiger partial charge in [0.15, 0.2) is 0 Å². The summed E-state index contributed by atoms with van der Waals surface area (Å²) in [7, 11) is 0. The lowest BCUT2D eigenvalue weighted by Gasteiger charge is -2.05. The lowest BCUT2D eigenvalue weighted by molar-refractivity contribution is 0.627. The van der Waals surface area contributed by atoms with Crippen LogP contribution in [0.3, 0.4) is 0 Å². The third kappa shape index (κ3) is 2.46. The van der Waals surface area contributed by atoms with Crippen molar-refractivity contribution in [1.82, 2.24) is 4.98 Å². The Balaban J connectivity index is 2.54. The predicted molar refractivity (Wildman–Crippen MR) is 67.1 cm³/mol. The maximum absolute atomic E-state index is 12.9. The third-order valence-corrected chi connectivity index (χ3v) is 3.12. The number of halogens is 3. The van der Waals surface area contributed by atoms with Crippen LogP contribution in [0.25, 0.3) is 11.3 Å². The van der Waals surface area contributed by atoms with Crippen molar-refractivity contribution in [3.05, 3.63) is 51.3 Å². The highest BCUT2D eigenvalue weighted by Crippen LogP contribution is 2.29. The highest BCUT2D eigenvalue weighted by atomic mass is 79.9. The molecule has 0 amide bonds. The first-order valence-electron chi connectivity index (χ1n) is 4.64. The molecule has 2 aromatic rings. The summed E-state index contributed by atoms with van der Waals surface area (Å²) >= 11 is 9.10. The molecule has 0 atom stereocenters. The molecule has 1 aromatic carbocycles. The minimum absolute atomic E-state index is 0.140. The second-order valence-electron chi connectivity index (χ2n) is 3.27. The van der Waals surface area contributed by atoms with Gasteiger partial charge in [-0.3, -0.25) is 0 Å². The number of hydrogen-bond acceptors (Lipinski definition) is 2. The average molecular weight is 312 g/mol. The number of nitrogens with zero attached hydrogens (tertiary/aromatic N) is 2. The monoisotopic (exact) mass is 310 g/mol. The standard InChI is InChI=1S/C12H5BrClFN2/c13-10-5-8(15)2-3-9(10)11-4-1-7(6-16)12(14)17-11/h1-5H.